The summed E-state index contributed by atoms with van der Waals surface area (Å²) in [6.07, 6.45) is 0. The van der Waals surface area contributed by atoms with Crippen molar-refractivity contribution in [3.8, 4) is 0 Å². The first kappa shape index (κ1) is 12.7. The van der Waals surface area contributed by atoms with E-state index >= 15 is 0 Å². The molecule has 0 aromatic heterocycles. The summed E-state index contributed by atoms with van der Waals surface area (Å²) in [4.78, 5) is 10.6. The van der Waals surface area contributed by atoms with E-state index in [2.05, 4.69) is 42.7 Å². The van der Waals surface area contributed by atoms with Crippen molar-refractivity contribution in [2.45, 2.75) is 27.3 Å². The van der Waals surface area contributed by atoms with Crippen molar-refractivity contribution in [1.82, 2.24) is 10.6 Å². The van der Waals surface area contributed by atoms with Crippen LogP contribution in [0.3, 0.4) is 0 Å². The third-order valence-corrected chi connectivity index (χ3v) is 2.49. The number of rotatable bonds is 5. The van der Waals surface area contributed by atoms with E-state index in [1.165, 1.54) is 23.6 Å². The van der Waals surface area contributed by atoms with Gasteiger partial charge in [0.25, 0.3) is 0 Å². The van der Waals surface area contributed by atoms with Gasteiger partial charge in [0, 0.05) is 26.6 Å². The van der Waals surface area contributed by atoms with Crippen LogP contribution in [0, 0.1) is 13.8 Å². The van der Waals surface area contributed by atoms with E-state index in [0.29, 0.717) is 6.54 Å². The average Bonchev–Trinajstić information content (AvgIpc) is 2.20. The smallest absolute Gasteiger partial charge is 0.216 e. The minimum absolute atomic E-state index is 0.0216. The molecule has 1 aromatic carbocycles. The first-order valence-corrected chi connectivity index (χ1v) is 5.61. The minimum atomic E-state index is 0.0216. The molecule has 0 aliphatic carbocycles. The summed E-state index contributed by atoms with van der Waals surface area (Å²) in [7, 11) is 0. The zero-order chi connectivity index (χ0) is 12.0. The van der Waals surface area contributed by atoms with Gasteiger partial charge in [-0.25, -0.2) is 0 Å². The highest BCUT2D eigenvalue weighted by molar-refractivity contribution is 5.72. The van der Waals surface area contributed by atoms with Gasteiger partial charge in [0.15, 0.2) is 0 Å². The Balaban J connectivity index is 2.29. The number of hydrogen-bond acceptors (Lipinski definition) is 2. The second kappa shape index (κ2) is 6.28. The Morgan fingerprint density at radius 1 is 1.25 bits per heavy atom. The fraction of sp³-hybridized carbons (Fsp3) is 0.462. The molecule has 1 amide bonds. The van der Waals surface area contributed by atoms with Crippen molar-refractivity contribution >= 4 is 5.91 Å². The third-order valence-electron chi connectivity index (χ3n) is 2.49. The molecule has 0 radical (unpaired) electrons. The standard InChI is InChI=1S/C13H20N2O/c1-10-4-5-13(11(2)8-10)9-14-6-7-15-12(3)16/h4-5,8,14H,6-7,9H2,1-3H3,(H,15,16). The lowest BCUT2D eigenvalue weighted by molar-refractivity contribution is -0.118. The van der Waals surface area contributed by atoms with Gasteiger partial charge in [-0.15, -0.1) is 0 Å². The van der Waals surface area contributed by atoms with Crippen molar-refractivity contribution in [2.75, 3.05) is 13.1 Å². The normalized spacial score (nSPS) is 10.2. The molecule has 0 atom stereocenters. The third kappa shape index (κ3) is 4.45. The molecule has 3 heteroatoms. The molecule has 1 aromatic rings. The maximum absolute atomic E-state index is 10.6. The molecule has 0 aliphatic rings. The molecule has 0 bridgehead atoms. The predicted octanol–water partition coefficient (Wildman–Crippen LogP) is 1.53. The second-order valence-electron chi connectivity index (χ2n) is 4.09. The van der Waals surface area contributed by atoms with Crippen LogP contribution in [-0.2, 0) is 11.3 Å². The van der Waals surface area contributed by atoms with Gasteiger partial charge in [0.1, 0.15) is 0 Å². The number of aryl methyl sites for hydroxylation is 2. The van der Waals surface area contributed by atoms with E-state index < -0.39 is 0 Å². The Morgan fingerprint density at radius 3 is 2.62 bits per heavy atom. The molecule has 1 rings (SSSR count). The maximum Gasteiger partial charge on any atom is 0.216 e. The number of carbonyl (C=O) groups excluding carboxylic acids is 1. The summed E-state index contributed by atoms with van der Waals surface area (Å²) in [5.41, 5.74) is 3.92. The Labute approximate surface area is 97.2 Å². The van der Waals surface area contributed by atoms with Crippen molar-refractivity contribution in [1.29, 1.82) is 0 Å². The first-order valence-electron chi connectivity index (χ1n) is 5.61. The number of carbonyl (C=O) groups is 1. The van der Waals surface area contributed by atoms with Crippen LogP contribution in [0.1, 0.15) is 23.6 Å². The van der Waals surface area contributed by atoms with Gasteiger partial charge >= 0.3 is 0 Å². The lowest BCUT2D eigenvalue weighted by atomic mass is 10.1. The Bertz CT molecular complexity index is 361. The van der Waals surface area contributed by atoms with Gasteiger partial charge in [-0.05, 0) is 25.0 Å². The largest absolute Gasteiger partial charge is 0.355 e. The molecule has 2 N–H and O–H groups in total. The van der Waals surface area contributed by atoms with Crippen LogP contribution in [-0.4, -0.2) is 19.0 Å². The second-order valence-corrected chi connectivity index (χ2v) is 4.09. The zero-order valence-corrected chi connectivity index (χ0v) is 10.3. The van der Waals surface area contributed by atoms with Gasteiger partial charge in [0.2, 0.25) is 5.91 Å². The number of nitrogens with one attached hydrogen (secondary N) is 2. The van der Waals surface area contributed by atoms with Crippen molar-refractivity contribution in [3.05, 3.63) is 34.9 Å². The van der Waals surface area contributed by atoms with Crippen LogP contribution < -0.4 is 10.6 Å². The van der Waals surface area contributed by atoms with Gasteiger partial charge in [-0.3, -0.25) is 4.79 Å². The summed E-state index contributed by atoms with van der Waals surface area (Å²) in [6, 6.07) is 6.46. The molecular formula is C13H20N2O. The van der Waals surface area contributed by atoms with E-state index in [1.807, 2.05) is 0 Å². The zero-order valence-electron chi connectivity index (χ0n) is 10.3. The molecule has 0 aliphatic heterocycles. The fourth-order valence-electron chi connectivity index (χ4n) is 1.59. The van der Waals surface area contributed by atoms with Gasteiger partial charge in [0.05, 0.1) is 0 Å². The molecule has 0 saturated carbocycles. The lowest BCUT2D eigenvalue weighted by Crippen LogP contribution is -2.30. The molecular weight excluding hydrogens is 200 g/mol. The molecule has 88 valence electrons. The summed E-state index contributed by atoms with van der Waals surface area (Å²) >= 11 is 0. The topological polar surface area (TPSA) is 41.1 Å². The van der Waals surface area contributed by atoms with Crippen molar-refractivity contribution in [2.24, 2.45) is 0 Å². The van der Waals surface area contributed by atoms with Crippen LogP contribution in [0.2, 0.25) is 0 Å². The minimum Gasteiger partial charge on any atom is -0.355 e. The van der Waals surface area contributed by atoms with Gasteiger partial charge < -0.3 is 10.6 Å². The highest BCUT2D eigenvalue weighted by atomic mass is 16.1. The van der Waals surface area contributed by atoms with Gasteiger partial charge in [-0.1, -0.05) is 23.8 Å². The molecule has 0 spiro atoms. The Hall–Kier alpha value is -1.35. The van der Waals surface area contributed by atoms with Gasteiger partial charge in [-0.2, -0.15) is 0 Å². The highest BCUT2D eigenvalue weighted by Gasteiger charge is 1.97. The van der Waals surface area contributed by atoms with E-state index in [9.17, 15) is 4.79 Å². The first-order chi connectivity index (χ1) is 7.59. The maximum atomic E-state index is 10.6. The van der Waals surface area contributed by atoms with Crippen molar-refractivity contribution < 1.29 is 4.79 Å². The van der Waals surface area contributed by atoms with Crippen LogP contribution >= 0.6 is 0 Å². The van der Waals surface area contributed by atoms with E-state index in [1.54, 1.807) is 0 Å². The molecule has 0 saturated heterocycles. The monoisotopic (exact) mass is 220 g/mol. The molecule has 0 fully saturated rings. The highest BCUT2D eigenvalue weighted by Crippen LogP contribution is 2.09. The van der Waals surface area contributed by atoms with E-state index in [-0.39, 0.29) is 5.91 Å². The summed E-state index contributed by atoms with van der Waals surface area (Å²) in [5, 5.41) is 6.06. The van der Waals surface area contributed by atoms with E-state index in [4.69, 9.17) is 0 Å². The molecule has 0 unspecified atom stereocenters. The number of benzene rings is 1. The van der Waals surface area contributed by atoms with Crippen LogP contribution in [0.4, 0.5) is 0 Å². The Kier molecular flexibility index (Phi) is 4.99. The van der Waals surface area contributed by atoms with E-state index in [0.717, 1.165) is 13.1 Å². The SMILES string of the molecule is CC(=O)NCCNCc1ccc(C)cc1C. The van der Waals surface area contributed by atoms with Crippen LogP contribution in [0.5, 0.6) is 0 Å². The van der Waals surface area contributed by atoms with Crippen LogP contribution in [0.25, 0.3) is 0 Å². The predicted molar refractivity (Wildman–Crippen MR) is 66.3 cm³/mol. The summed E-state index contributed by atoms with van der Waals surface area (Å²) in [6.45, 7) is 8.09. The molecule has 3 nitrogen and oxygen atoms in total. The Morgan fingerprint density at radius 2 is 2.00 bits per heavy atom. The number of amides is 1. The fourth-order valence-corrected chi connectivity index (χ4v) is 1.59. The quantitative estimate of drug-likeness (QED) is 0.739. The summed E-state index contributed by atoms with van der Waals surface area (Å²) in [5.74, 6) is 0.0216. The molecule has 16 heavy (non-hydrogen) atoms. The average molecular weight is 220 g/mol. The van der Waals surface area contributed by atoms with Crippen LogP contribution in [0.15, 0.2) is 18.2 Å². The number of hydrogen-bond donors (Lipinski definition) is 2. The molecule has 0 heterocycles. The van der Waals surface area contributed by atoms with Crippen molar-refractivity contribution in [3.63, 3.8) is 0 Å². The summed E-state index contributed by atoms with van der Waals surface area (Å²) < 4.78 is 0. The lowest BCUT2D eigenvalue weighted by Gasteiger charge is -2.08.